The van der Waals surface area contributed by atoms with E-state index in [2.05, 4.69) is 40.1 Å². The number of aromatic nitrogens is 2. The summed E-state index contributed by atoms with van der Waals surface area (Å²) in [7, 11) is 0. The van der Waals surface area contributed by atoms with Gasteiger partial charge in [-0.05, 0) is 5.56 Å². The number of rotatable bonds is 4. The lowest BCUT2D eigenvalue weighted by atomic mass is 10.2. The van der Waals surface area contributed by atoms with E-state index in [9.17, 15) is 0 Å². The Bertz CT molecular complexity index is 409. The molecule has 77 valence electrons. The molecule has 2 nitrogen and oxygen atoms in total. The molecule has 0 saturated carbocycles. The van der Waals surface area contributed by atoms with Crippen LogP contribution < -0.4 is 0 Å². The number of nitrogens with zero attached hydrogens (tertiary/aromatic N) is 2. The highest BCUT2D eigenvalue weighted by Gasteiger charge is 2.01. The van der Waals surface area contributed by atoms with Crippen LogP contribution in [0, 0.1) is 6.26 Å². The van der Waals surface area contributed by atoms with Crippen LogP contribution in [0.15, 0.2) is 42.7 Å². The molecule has 0 aliphatic carbocycles. The predicted molar refractivity (Wildman–Crippen MR) is 64.4 cm³/mol. The first-order chi connectivity index (χ1) is 7.40. The molecular weight excluding hydrogens is 204 g/mol. The van der Waals surface area contributed by atoms with E-state index in [1.54, 1.807) is 11.8 Å². The third-order valence-electron chi connectivity index (χ3n) is 2.23. The molecule has 15 heavy (non-hydrogen) atoms. The molecule has 0 amide bonds. The third kappa shape index (κ3) is 2.63. The molecule has 0 spiro atoms. The first-order valence-corrected chi connectivity index (χ1v) is 5.96. The van der Waals surface area contributed by atoms with Crippen LogP contribution in [0.2, 0.25) is 0 Å². The Hall–Kier alpha value is -1.22. The molecule has 0 unspecified atom stereocenters. The zero-order valence-electron chi connectivity index (χ0n) is 8.47. The molecule has 0 fully saturated rings. The Morgan fingerprint density at radius 3 is 2.80 bits per heavy atom. The quantitative estimate of drug-likeness (QED) is 0.783. The number of hydrogen-bond donors (Lipinski definition) is 0. The standard InChI is InChI=1S/C12H13N2S/c1-15-10-12-13-7-8-14(12)9-11-5-3-2-4-6-11/h2-8H,1,9-10H2. The fourth-order valence-electron chi connectivity index (χ4n) is 1.50. The number of imidazole rings is 1. The molecule has 2 rings (SSSR count). The molecule has 0 aliphatic heterocycles. The van der Waals surface area contributed by atoms with Gasteiger partial charge in [0.15, 0.2) is 0 Å². The van der Waals surface area contributed by atoms with Crippen LogP contribution in [0.1, 0.15) is 11.4 Å². The maximum Gasteiger partial charge on any atom is 0.118 e. The maximum absolute atomic E-state index is 4.30. The second-order valence-corrected chi connectivity index (χ2v) is 4.00. The summed E-state index contributed by atoms with van der Waals surface area (Å²) in [4.78, 5) is 4.30. The molecule has 0 aliphatic rings. The fraction of sp³-hybridized carbons (Fsp3) is 0.167. The van der Waals surface area contributed by atoms with Gasteiger partial charge in [-0.1, -0.05) is 30.3 Å². The molecular formula is C12H13N2S. The van der Waals surface area contributed by atoms with Gasteiger partial charge in [-0.15, -0.1) is 0 Å². The molecule has 1 radical (unpaired) electrons. The van der Waals surface area contributed by atoms with Gasteiger partial charge in [0.25, 0.3) is 0 Å². The highest BCUT2D eigenvalue weighted by atomic mass is 32.2. The zero-order chi connectivity index (χ0) is 10.5. The van der Waals surface area contributed by atoms with E-state index in [0.29, 0.717) is 0 Å². The smallest absolute Gasteiger partial charge is 0.118 e. The number of benzene rings is 1. The first-order valence-electron chi connectivity index (χ1n) is 4.81. The average molecular weight is 217 g/mol. The fourth-order valence-corrected chi connectivity index (χ4v) is 1.92. The maximum atomic E-state index is 4.30. The van der Waals surface area contributed by atoms with Gasteiger partial charge in [0, 0.05) is 25.2 Å². The van der Waals surface area contributed by atoms with Gasteiger partial charge < -0.3 is 4.57 Å². The van der Waals surface area contributed by atoms with E-state index in [1.165, 1.54) is 5.56 Å². The number of hydrogen-bond acceptors (Lipinski definition) is 2. The molecule has 1 aromatic heterocycles. The van der Waals surface area contributed by atoms with Crippen LogP contribution in [0.5, 0.6) is 0 Å². The van der Waals surface area contributed by atoms with Gasteiger partial charge in [0.05, 0.1) is 5.75 Å². The van der Waals surface area contributed by atoms with Gasteiger partial charge in [-0.3, -0.25) is 0 Å². The van der Waals surface area contributed by atoms with Gasteiger partial charge in [-0.2, -0.15) is 11.8 Å². The minimum Gasteiger partial charge on any atom is -0.330 e. The molecule has 1 heterocycles. The van der Waals surface area contributed by atoms with Crippen molar-refractivity contribution >= 4 is 11.8 Å². The average Bonchev–Trinajstić information content (AvgIpc) is 2.68. The molecule has 0 saturated heterocycles. The Balaban J connectivity index is 2.14. The predicted octanol–water partition coefficient (Wildman–Crippen LogP) is 2.96. The lowest BCUT2D eigenvalue weighted by Crippen LogP contribution is -2.02. The molecule has 2 aromatic rings. The van der Waals surface area contributed by atoms with Crippen molar-refractivity contribution in [2.24, 2.45) is 0 Å². The van der Waals surface area contributed by atoms with E-state index < -0.39 is 0 Å². The number of thioether (sulfide) groups is 1. The van der Waals surface area contributed by atoms with Crippen LogP contribution in [0.3, 0.4) is 0 Å². The van der Waals surface area contributed by atoms with E-state index in [4.69, 9.17) is 0 Å². The summed E-state index contributed by atoms with van der Waals surface area (Å²) in [5, 5.41) is 0. The normalized spacial score (nSPS) is 10.5. The monoisotopic (exact) mass is 217 g/mol. The summed E-state index contributed by atoms with van der Waals surface area (Å²) in [6.07, 6.45) is 7.63. The van der Waals surface area contributed by atoms with Gasteiger partial charge in [0.2, 0.25) is 0 Å². The lowest BCUT2D eigenvalue weighted by molar-refractivity contribution is 0.757. The van der Waals surface area contributed by atoms with Crippen molar-refractivity contribution in [3.63, 3.8) is 0 Å². The van der Waals surface area contributed by atoms with Crippen molar-refractivity contribution in [3.05, 3.63) is 60.4 Å². The Morgan fingerprint density at radius 2 is 2.07 bits per heavy atom. The summed E-state index contributed by atoms with van der Waals surface area (Å²) in [6, 6.07) is 10.4. The van der Waals surface area contributed by atoms with Crippen LogP contribution in [-0.2, 0) is 12.3 Å². The van der Waals surface area contributed by atoms with Crippen molar-refractivity contribution < 1.29 is 0 Å². The zero-order valence-corrected chi connectivity index (χ0v) is 9.28. The van der Waals surface area contributed by atoms with Gasteiger partial charge in [-0.25, -0.2) is 4.98 Å². The third-order valence-corrected chi connectivity index (χ3v) is 2.69. The summed E-state index contributed by atoms with van der Waals surface area (Å²) in [5.41, 5.74) is 1.30. The van der Waals surface area contributed by atoms with Gasteiger partial charge >= 0.3 is 0 Å². The minimum atomic E-state index is 0.861. The van der Waals surface area contributed by atoms with Crippen LogP contribution in [0.25, 0.3) is 0 Å². The van der Waals surface area contributed by atoms with E-state index in [1.807, 2.05) is 18.5 Å². The van der Waals surface area contributed by atoms with Crippen molar-refractivity contribution in [2.75, 3.05) is 0 Å². The van der Waals surface area contributed by atoms with Crippen LogP contribution >= 0.6 is 11.8 Å². The van der Waals surface area contributed by atoms with Gasteiger partial charge in [0.1, 0.15) is 5.82 Å². The van der Waals surface area contributed by atoms with Crippen molar-refractivity contribution in [3.8, 4) is 0 Å². The van der Waals surface area contributed by atoms with Crippen molar-refractivity contribution in [1.82, 2.24) is 9.55 Å². The van der Waals surface area contributed by atoms with E-state index in [0.717, 1.165) is 18.1 Å². The second-order valence-electron chi connectivity index (χ2n) is 3.31. The summed E-state index contributed by atoms with van der Waals surface area (Å²) in [6.45, 7) is 0.886. The highest BCUT2D eigenvalue weighted by Crippen LogP contribution is 2.10. The summed E-state index contributed by atoms with van der Waals surface area (Å²) >= 11 is 1.55. The SMILES string of the molecule is [CH2]SCc1nccn1Cc1ccccc1. The second kappa shape index (κ2) is 5.03. The van der Waals surface area contributed by atoms with Crippen molar-refractivity contribution in [1.29, 1.82) is 0 Å². The van der Waals surface area contributed by atoms with Crippen LogP contribution in [0.4, 0.5) is 0 Å². The van der Waals surface area contributed by atoms with E-state index in [-0.39, 0.29) is 0 Å². The van der Waals surface area contributed by atoms with E-state index >= 15 is 0 Å². The Labute approximate surface area is 94.3 Å². The van der Waals surface area contributed by atoms with Crippen LogP contribution in [-0.4, -0.2) is 9.55 Å². The first kappa shape index (κ1) is 10.3. The molecule has 0 N–H and O–H groups in total. The molecule has 1 aromatic carbocycles. The highest BCUT2D eigenvalue weighted by molar-refractivity contribution is 7.99. The molecule has 0 atom stereocenters. The molecule has 0 bridgehead atoms. The summed E-state index contributed by atoms with van der Waals surface area (Å²) < 4.78 is 2.16. The lowest BCUT2D eigenvalue weighted by Gasteiger charge is -2.06. The van der Waals surface area contributed by atoms with Crippen molar-refractivity contribution in [2.45, 2.75) is 12.3 Å². The molecule has 3 heteroatoms. The Kier molecular flexibility index (Phi) is 3.45. The summed E-state index contributed by atoms with van der Waals surface area (Å²) in [5.74, 6) is 1.94. The largest absolute Gasteiger partial charge is 0.330 e. The minimum absolute atomic E-state index is 0.861. The Morgan fingerprint density at radius 1 is 1.27 bits per heavy atom. The topological polar surface area (TPSA) is 17.8 Å².